The van der Waals surface area contributed by atoms with E-state index in [9.17, 15) is 12.8 Å². The largest absolute Gasteiger partial charge is 0.481 e. The minimum atomic E-state index is -3.97. The second-order valence-electron chi connectivity index (χ2n) is 4.92. The van der Waals surface area contributed by atoms with Crippen LogP contribution in [0.15, 0.2) is 23.2 Å². The predicted octanol–water partition coefficient (Wildman–Crippen LogP) is 1.55. The second kappa shape index (κ2) is 6.49. The molecule has 1 unspecified atom stereocenters. The lowest BCUT2D eigenvalue weighted by atomic mass is 9.95. The lowest BCUT2D eigenvalue weighted by Crippen LogP contribution is -2.30. The van der Waals surface area contributed by atoms with E-state index in [0.29, 0.717) is 5.88 Å². The van der Waals surface area contributed by atoms with Crippen molar-refractivity contribution in [3.63, 3.8) is 0 Å². The van der Waals surface area contributed by atoms with Gasteiger partial charge in [-0.1, -0.05) is 0 Å². The van der Waals surface area contributed by atoms with Crippen LogP contribution in [0, 0.1) is 5.92 Å². The molecule has 1 aliphatic rings. The normalized spacial score (nSPS) is 18.7. The van der Waals surface area contributed by atoms with Crippen molar-refractivity contribution < 1.29 is 17.5 Å². The van der Waals surface area contributed by atoms with E-state index in [2.05, 4.69) is 10.3 Å². The highest BCUT2D eigenvalue weighted by Gasteiger charge is 2.30. The molecule has 7 heteroatoms. The molecule has 1 fully saturated rings. The number of hydrogen-bond donors (Lipinski definition) is 1. The quantitative estimate of drug-likeness (QED) is 0.894. The lowest BCUT2D eigenvalue weighted by Gasteiger charge is -2.23. The molecule has 0 aromatic carbocycles. The minimum absolute atomic E-state index is 0.0516. The Kier molecular flexibility index (Phi) is 4.93. The topological polar surface area (TPSA) is 68.3 Å². The van der Waals surface area contributed by atoms with E-state index < -0.39 is 15.3 Å². The Bertz CT molecular complexity index is 527. The van der Waals surface area contributed by atoms with Gasteiger partial charge in [0.2, 0.25) is 21.2 Å². The van der Waals surface area contributed by atoms with E-state index in [0.717, 1.165) is 32.1 Å². The maximum Gasteiger partial charge on any atom is 0.212 e. The number of alkyl halides is 1. The van der Waals surface area contributed by atoms with Crippen LogP contribution in [0.1, 0.15) is 19.3 Å². The molecule has 0 amide bonds. The van der Waals surface area contributed by atoms with Crippen molar-refractivity contribution in [2.24, 2.45) is 5.92 Å². The first-order chi connectivity index (χ1) is 9.54. The van der Waals surface area contributed by atoms with Crippen LogP contribution >= 0.6 is 0 Å². The molecule has 2 rings (SSSR count). The van der Waals surface area contributed by atoms with Gasteiger partial charge in [0, 0.05) is 12.3 Å². The van der Waals surface area contributed by atoms with Gasteiger partial charge in [0.1, 0.15) is 0 Å². The van der Waals surface area contributed by atoms with Gasteiger partial charge in [0.05, 0.1) is 12.0 Å². The SMILES string of the molecule is COc1ccc(S(=O)(=O)C(F)CC2CCNCC2)cn1. The molecule has 1 aliphatic heterocycles. The summed E-state index contributed by atoms with van der Waals surface area (Å²) in [5.41, 5.74) is -1.87. The summed E-state index contributed by atoms with van der Waals surface area (Å²) in [5, 5.41) is 3.18. The van der Waals surface area contributed by atoms with E-state index in [4.69, 9.17) is 4.74 Å². The van der Waals surface area contributed by atoms with Crippen molar-refractivity contribution in [3.8, 4) is 5.88 Å². The third-order valence-electron chi connectivity index (χ3n) is 3.56. The second-order valence-corrected chi connectivity index (χ2v) is 6.99. The fourth-order valence-electron chi connectivity index (χ4n) is 2.31. The monoisotopic (exact) mass is 302 g/mol. The van der Waals surface area contributed by atoms with Gasteiger partial charge in [-0.05, 0) is 44.3 Å². The Balaban J connectivity index is 2.07. The van der Waals surface area contributed by atoms with Gasteiger partial charge in [-0.15, -0.1) is 0 Å². The molecule has 20 heavy (non-hydrogen) atoms. The van der Waals surface area contributed by atoms with Gasteiger partial charge in [-0.25, -0.2) is 17.8 Å². The van der Waals surface area contributed by atoms with E-state index in [1.165, 1.54) is 19.2 Å². The van der Waals surface area contributed by atoms with Crippen LogP contribution in [0.5, 0.6) is 5.88 Å². The molecule has 0 radical (unpaired) electrons. The summed E-state index contributed by atoms with van der Waals surface area (Å²) >= 11 is 0. The van der Waals surface area contributed by atoms with Crippen molar-refractivity contribution >= 4 is 9.84 Å². The van der Waals surface area contributed by atoms with Crippen molar-refractivity contribution in [2.45, 2.75) is 29.7 Å². The van der Waals surface area contributed by atoms with Gasteiger partial charge >= 0.3 is 0 Å². The summed E-state index contributed by atoms with van der Waals surface area (Å²) in [6, 6.07) is 2.75. The molecule has 1 aromatic heterocycles. The number of halogens is 1. The molecule has 1 atom stereocenters. The summed E-state index contributed by atoms with van der Waals surface area (Å²) in [5.74, 6) is 0.421. The molecule has 0 bridgehead atoms. The highest BCUT2D eigenvalue weighted by molar-refractivity contribution is 7.91. The summed E-state index contributed by atoms with van der Waals surface area (Å²) in [7, 11) is -2.53. The Labute approximate surface area is 118 Å². The van der Waals surface area contributed by atoms with Crippen LogP contribution in [0.25, 0.3) is 0 Å². The van der Waals surface area contributed by atoms with Crippen LogP contribution in [-0.4, -0.2) is 39.1 Å². The first-order valence-electron chi connectivity index (χ1n) is 6.63. The van der Waals surface area contributed by atoms with Crippen molar-refractivity contribution in [2.75, 3.05) is 20.2 Å². The summed E-state index contributed by atoms with van der Waals surface area (Å²) in [6.45, 7) is 1.64. The van der Waals surface area contributed by atoms with E-state index in [-0.39, 0.29) is 17.2 Å². The maximum absolute atomic E-state index is 14.2. The fourth-order valence-corrected chi connectivity index (χ4v) is 3.59. The number of rotatable bonds is 5. The van der Waals surface area contributed by atoms with Gasteiger partial charge in [0.15, 0.2) is 0 Å². The van der Waals surface area contributed by atoms with Crippen molar-refractivity contribution in [1.29, 1.82) is 0 Å². The average Bonchev–Trinajstić information content (AvgIpc) is 2.48. The third kappa shape index (κ3) is 3.46. The zero-order chi connectivity index (χ0) is 14.6. The molecule has 0 aliphatic carbocycles. The molecule has 5 nitrogen and oxygen atoms in total. The lowest BCUT2D eigenvalue weighted by molar-refractivity contribution is 0.287. The molecular weight excluding hydrogens is 283 g/mol. The average molecular weight is 302 g/mol. The standard InChI is InChI=1S/C13H19FN2O3S/c1-19-13-3-2-11(9-16-13)20(17,18)12(14)8-10-4-6-15-7-5-10/h2-3,9-10,12,15H,4-8H2,1H3. The van der Waals surface area contributed by atoms with Crippen LogP contribution in [0.3, 0.4) is 0 Å². The molecule has 112 valence electrons. The molecule has 1 N–H and O–H groups in total. The number of methoxy groups -OCH3 is 1. The van der Waals surface area contributed by atoms with Crippen LogP contribution < -0.4 is 10.1 Å². The summed E-state index contributed by atoms with van der Waals surface area (Å²) < 4.78 is 43.3. The summed E-state index contributed by atoms with van der Waals surface area (Å²) in [4.78, 5) is 3.72. The fraction of sp³-hybridized carbons (Fsp3) is 0.615. The minimum Gasteiger partial charge on any atom is -0.481 e. The smallest absolute Gasteiger partial charge is 0.212 e. The zero-order valence-electron chi connectivity index (χ0n) is 11.4. The Morgan fingerprint density at radius 3 is 2.70 bits per heavy atom. The van der Waals surface area contributed by atoms with Crippen LogP contribution in [0.2, 0.25) is 0 Å². The number of nitrogens with zero attached hydrogens (tertiary/aromatic N) is 1. The third-order valence-corrected chi connectivity index (χ3v) is 5.33. The number of aromatic nitrogens is 1. The van der Waals surface area contributed by atoms with Gasteiger partial charge in [-0.3, -0.25) is 0 Å². The van der Waals surface area contributed by atoms with Gasteiger partial charge < -0.3 is 10.1 Å². The number of pyridine rings is 1. The first kappa shape index (κ1) is 15.2. The van der Waals surface area contributed by atoms with Crippen molar-refractivity contribution in [1.82, 2.24) is 10.3 Å². The Morgan fingerprint density at radius 1 is 1.45 bits per heavy atom. The number of piperidine rings is 1. The number of sulfone groups is 1. The molecule has 1 saturated heterocycles. The number of ether oxygens (including phenoxy) is 1. The molecule has 0 spiro atoms. The number of hydrogen-bond acceptors (Lipinski definition) is 5. The Morgan fingerprint density at radius 2 is 2.15 bits per heavy atom. The number of nitrogens with one attached hydrogen (secondary N) is 1. The van der Waals surface area contributed by atoms with Gasteiger partial charge in [-0.2, -0.15) is 0 Å². The van der Waals surface area contributed by atoms with Crippen LogP contribution in [0.4, 0.5) is 4.39 Å². The van der Waals surface area contributed by atoms with Crippen LogP contribution in [-0.2, 0) is 9.84 Å². The highest BCUT2D eigenvalue weighted by atomic mass is 32.2. The molecule has 2 heterocycles. The Hall–Kier alpha value is -1.21. The van der Waals surface area contributed by atoms with E-state index >= 15 is 0 Å². The first-order valence-corrected chi connectivity index (χ1v) is 8.17. The molecular formula is C13H19FN2O3S. The van der Waals surface area contributed by atoms with Gasteiger partial charge in [0.25, 0.3) is 0 Å². The van der Waals surface area contributed by atoms with E-state index in [1.807, 2.05) is 0 Å². The van der Waals surface area contributed by atoms with E-state index in [1.54, 1.807) is 0 Å². The summed E-state index contributed by atoms with van der Waals surface area (Å²) in [6.07, 6.45) is 2.83. The van der Waals surface area contributed by atoms with Crippen molar-refractivity contribution in [3.05, 3.63) is 18.3 Å². The zero-order valence-corrected chi connectivity index (χ0v) is 12.2. The predicted molar refractivity (Wildman–Crippen MR) is 73.1 cm³/mol. The maximum atomic E-state index is 14.2. The molecule has 1 aromatic rings. The molecule has 0 saturated carbocycles. The highest BCUT2D eigenvalue weighted by Crippen LogP contribution is 2.26.